The molecule has 0 aliphatic rings. The Balaban J connectivity index is 2.42. The Morgan fingerprint density at radius 2 is 1.95 bits per heavy atom. The number of aromatic nitrogens is 3. The molecule has 4 heteroatoms. The number of rotatable bonds is 5. The Morgan fingerprint density at radius 3 is 2.47 bits per heavy atom. The molecule has 100 valence electrons. The molecule has 1 heterocycles. The zero-order valence-electron chi connectivity index (χ0n) is 11.6. The molecule has 2 aromatic rings. The minimum absolute atomic E-state index is 0.438. The minimum Gasteiger partial charge on any atom is -0.296 e. The van der Waals surface area contributed by atoms with Gasteiger partial charge in [0.15, 0.2) is 6.29 Å². The first-order valence-electron chi connectivity index (χ1n) is 6.64. The maximum atomic E-state index is 11.0. The van der Waals surface area contributed by atoms with Crippen molar-refractivity contribution in [2.75, 3.05) is 0 Å². The fourth-order valence-electron chi connectivity index (χ4n) is 2.06. The van der Waals surface area contributed by atoms with Crippen molar-refractivity contribution in [1.29, 1.82) is 0 Å². The molecule has 4 nitrogen and oxygen atoms in total. The number of hydrogen-bond donors (Lipinski definition) is 0. The first kappa shape index (κ1) is 13.5. The molecule has 0 saturated heterocycles. The number of aryl methyl sites for hydroxylation is 1. The summed E-state index contributed by atoms with van der Waals surface area (Å²) >= 11 is 0. The van der Waals surface area contributed by atoms with Crippen molar-refractivity contribution in [3.05, 3.63) is 41.2 Å². The third-order valence-corrected chi connectivity index (χ3v) is 3.10. The van der Waals surface area contributed by atoms with E-state index in [4.69, 9.17) is 0 Å². The second-order valence-electron chi connectivity index (χ2n) is 5.07. The highest BCUT2D eigenvalue weighted by Gasteiger charge is 2.14. The van der Waals surface area contributed by atoms with E-state index >= 15 is 0 Å². The molecule has 0 aliphatic carbocycles. The van der Waals surface area contributed by atoms with Gasteiger partial charge < -0.3 is 0 Å². The standard InChI is InChI=1S/C15H19N3O/c1-4-12-5-7-13(8-6-12)18-15(9-11(2)3)14(10-19)16-17-18/h5-8,10-11H,4,9H2,1-3H3. The van der Waals surface area contributed by atoms with Gasteiger partial charge in [-0.2, -0.15) is 0 Å². The van der Waals surface area contributed by atoms with Crippen molar-refractivity contribution in [2.24, 2.45) is 5.92 Å². The van der Waals surface area contributed by atoms with E-state index < -0.39 is 0 Å². The number of hydrogen-bond acceptors (Lipinski definition) is 3. The van der Waals surface area contributed by atoms with Gasteiger partial charge in [0.1, 0.15) is 5.69 Å². The maximum Gasteiger partial charge on any atom is 0.172 e. The summed E-state index contributed by atoms with van der Waals surface area (Å²) in [6.07, 6.45) is 2.58. The number of carbonyl (C=O) groups excluding carboxylic acids is 1. The van der Waals surface area contributed by atoms with E-state index in [1.165, 1.54) is 5.56 Å². The van der Waals surface area contributed by atoms with Gasteiger partial charge in [0.25, 0.3) is 0 Å². The highest BCUT2D eigenvalue weighted by atomic mass is 16.1. The number of carbonyl (C=O) groups is 1. The summed E-state index contributed by atoms with van der Waals surface area (Å²) in [4.78, 5) is 11.0. The van der Waals surface area contributed by atoms with Gasteiger partial charge in [-0.1, -0.05) is 38.1 Å². The molecule has 0 aliphatic heterocycles. The molecule has 0 unspecified atom stereocenters. The Morgan fingerprint density at radius 1 is 1.26 bits per heavy atom. The summed E-state index contributed by atoms with van der Waals surface area (Å²) in [5.41, 5.74) is 3.56. The van der Waals surface area contributed by atoms with Crippen molar-refractivity contribution < 1.29 is 4.79 Å². The molecule has 0 bridgehead atoms. The molecule has 0 amide bonds. The quantitative estimate of drug-likeness (QED) is 0.774. The third-order valence-electron chi connectivity index (χ3n) is 3.10. The van der Waals surface area contributed by atoms with Crippen LogP contribution in [0.2, 0.25) is 0 Å². The summed E-state index contributed by atoms with van der Waals surface area (Å²) in [6.45, 7) is 6.36. The van der Waals surface area contributed by atoms with E-state index in [9.17, 15) is 4.79 Å². The monoisotopic (exact) mass is 257 g/mol. The van der Waals surface area contributed by atoms with Crippen molar-refractivity contribution in [3.63, 3.8) is 0 Å². The van der Waals surface area contributed by atoms with E-state index in [-0.39, 0.29) is 0 Å². The summed E-state index contributed by atoms with van der Waals surface area (Å²) < 4.78 is 1.77. The molecule has 0 spiro atoms. The van der Waals surface area contributed by atoms with Crippen LogP contribution in [0.4, 0.5) is 0 Å². The van der Waals surface area contributed by atoms with Crippen molar-refractivity contribution in [1.82, 2.24) is 15.0 Å². The van der Waals surface area contributed by atoms with Gasteiger partial charge in [-0.15, -0.1) is 5.10 Å². The van der Waals surface area contributed by atoms with Gasteiger partial charge in [0, 0.05) is 0 Å². The minimum atomic E-state index is 0.438. The highest BCUT2D eigenvalue weighted by Crippen LogP contribution is 2.16. The number of nitrogens with zero attached hydrogens (tertiary/aromatic N) is 3. The van der Waals surface area contributed by atoms with Crippen LogP contribution in [0.5, 0.6) is 0 Å². The highest BCUT2D eigenvalue weighted by molar-refractivity contribution is 5.73. The summed E-state index contributed by atoms with van der Waals surface area (Å²) in [5.74, 6) is 0.450. The van der Waals surface area contributed by atoms with Gasteiger partial charge in [-0.3, -0.25) is 4.79 Å². The van der Waals surface area contributed by atoms with Crippen molar-refractivity contribution in [2.45, 2.75) is 33.6 Å². The van der Waals surface area contributed by atoms with Crippen LogP contribution in [0.25, 0.3) is 5.69 Å². The normalized spacial score (nSPS) is 10.9. The average Bonchev–Trinajstić information content (AvgIpc) is 2.81. The second kappa shape index (κ2) is 5.78. The Bertz CT molecular complexity index is 555. The maximum absolute atomic E-state index is 11.0. The Labute approximate surface area is 113 Å². The molecule has 19 heavy (non-hydrogen) atoms. The SMILES string of the molecule is CCc1ccc(-n2nnc(C=O)c2CC(C)C)cc1. The zero-order valence-corrected chi connectivity index (χ0v) is 11.6. The lowest BCUT2D eigenvalue weighted by Gasteiger charge is -2.09. The summed E-state index contributed by atoms with van der Waals surface area (Å²) in [7, 11) is 0. The zero-order chi connectivity index (χ0) is 13.8. The van der Waals surface area contributed by atoms with Gasteiger partial charge in [-0.25, -0.2) is 4.68 Å². The molecule has 0 fully saturated rings. The molecule has 0 atom stereocenters. The second-order valence-corrected chi connectivity index (χ2v) is 5.07. The molecule has 0 N–H and O–H groups in total. The molecule has 1 aromatic carbocycles. The van der Waals surface area contributed by atoms with E-state index in [1.807, 2.05) is 12.1 Å². The predicted molar refractivity (Wildman–Crippen MR) is 74.7 cm³/mol. The molecule has 2 rings (SSSR count). The lowest BCUT2D eigenvalue weighted by atomic mass is 10.1. The third kappa shape index (κ3) is 2.89. The predicted octanol–water partition coefficient (Wildman–Crippen LogP) is 2.84. The van der Waals surface area contributed by atoms with Gasteiger partial charge in [-0.05, 0) is 36.5 Å². The van der Waals surface area contributed by atoms with Crippen LogP contribution in [-0.4, -0.2) is 21.3 Å². The van der Waals surface area contributed by atoms with Crippen LogP contribution in [0.15, 0.2) is 24.3 Å². The molecule has 1 aromatic heterocycles. The molecule has 0 radical (unpaired) electrons. The Hall–Kier alpha value is -1.97. The molecular weight excluding hydrogens is 238 g/mol. The number of aldehydes is 1. The van der Waals surface area contributed by atoms with Gasteiger partial charge in [0.05, 0.1) is 11.4 Å². The van der Waals surface area contributed by atoms with E-state index in [1.54, 1.807) is 4.68 Å². The van der Waals surface area contributed by atoms with Crippen LogP contribution in [0.3, 0.4) is 0 Å². The fraction of sp³-hybridized carbons (Fsp3) is 0.400. The first-order valence-corrected chi connectivity index (χ1v) is 6.64. The Kier molecular flexibility index (Phi) is 4.10. The average molecular weight is 257 g/mol. The molecular formula is C15H19N3O. The lowest BCUT2D eigenvalue weighted by Crippen LogP contribution is -2.07. The van der Waals surface area contributed by atoms with E-state index in [0.29, 0.717) is 11.6 Å². The topological polar surface area (TPSA) is 47.8 Å². The summed E-state index contributed by atoms with van der Waals surface area (Å²) in [5, 5.41) is 8.05. The van der Waals surface area contributed by atoms with Gasteiger partial charge in [0.2, 0.25) is 0 Å². The first-order chi connectivity index (χ1) is 9.15. The largest absolute Gasteiger partial charge is 0.296 e. The number of benzene rings is 1. The smallest absolute Gasteiger partial charge is 0.172 e. The van der Waals surface area contributed by atoms with E-state index in [0.717, 1.165) is 30.5 Å². The van der Waals surface area contributed by atoms with Crippen molar-refractivity contribution >= 4 is 6.29 Å². The van der Waals surface area contributed by atoms with Crippen LogP contribution in [0.1, 0.15) is 42.5 Å². The van der Waals surface area contributed by atoms with Crippen LogP contribution >= 0.6 is 0 Å². The lowest BCUT2D eigenvalue weighted by molar-refractivity contribution is 0.111. The van der Waals surface area contributed by atoms with Crippen LogP contribution < -0.4 is 0 Å². The van der Waals surface area contributed by atoms with Crippen molar-refractivity contribution in [3.8, 4) is 5.69 Å². The molecule has 0 saturated carbocycles. The van der Waals surface area contributed by atoms with E-state index in [2.05, 4.69) is 43.2 Å². The van der Waals surface area contributed by atoms with Gasteiger partial charge >= 0.3 is 0 Å². The summed E-state index contributed by atoms with van der Waals surface area (Å²) in [6, 6.07) is 8.20. The fourth-order valence-corrected chi connectivity index (χ4v) is 2.06. The van der Waals surface area contributed by atoms with Crippen LogP contribution in [0, 0.1) is 5.92 Å². The van der Waals surface area contributed by atoms with Crippen LogP contribution in [-0.2, 0) is 12.8 Å².